The van der Waals surface area contributed by atoms with Gasteiger partial charge >= 0.3 is 0 Å². The lowest BCUT2D eigenvalue weighted by Crippen LogP contribution is -2.39. The Morgan fingerprint density at radius 3 is 2.43 bits per heavy atom. The van der Waals surface area contributed by atoms with Crippen LogP contribution in [0.25, 0.3) is 0 Å². The molecular formula is C11H17FNO+. The van der Waals surface area contributed by atoms with E-state index in [1.54, 1.807) is 0 Å². The third kappa shape index (κ3) is 2.03. The van der Waals surface area contributed by atoms with Crippen molar-refractivity contribution >= 4 is 0 Å². The van der Waals surface area contributed by atoms with E-state index in [-0.39, 0.29) is 17.2 Å². The summed E-state index contributed by atoms with van der Waals surface area (Å²) in [5.41, 5.74) is 0.257. The Bertz CT molecular complexity index is 310. The zero-order valence-corrected chi connectivity index (χ0v) is 9.08. The summed E-state index contributed by atoms with van der Waals surface area (Å²) < 4.78 is 14.3. The van der Waals surface area contributed by atoms with Gasteiger partial charge in [0.25, 0.3) is 5.69 Å². The molecule has 3 heteroatoms. The molecule has 0 saturated carbocycles. The van der Waals surface area contributed by atoms with Gasteiger partial charge in [0, 0.05) is 10.8 Å². The normalized spacial score (nSPS) is 14.1. The standard InChI is InChI=1S/C11H17FNO/c1-8(11(2,3)4)10-9(12)6-5-7-13(10)14/h5-8,14H,1-4H3/q+1/t8-/m1/s1. The van der Waals surface area contributed by atoms with Crippen molar-refractivity contribution in [3.05, 3.63) is 29.8 Å². The fourth-order valence-corrected chi connectivity index (χ4v) is 1.30. The van der Waals surface area contributed by atoms with Gasteiger partial charge in [-0.15, -0.1) is 0 Å². The lowest BCUT2D eigenvalue weighted by atomic mass is 9.80. The van der Waals surface area contributed by atoms with Crippen molar-refractivity contribution < 1.29 is 14.3 Å². The molecule has 0 spiro atoms. The molecule has 1 atom stereocenters. The molecule has 0 radical (unpaired) electrons. The highest BCUT2D eigenvalue weighted by atomic mass is 19.1. The maximum atomic E-state index is 13.5. The van der Waals surface area contributed by atoms with Gasteiger partial charge in [-0.25, -0.2) is 0 Å². The number of rotatable bonds is 1. The van der Waals surface area contributed by atoms with Gasteiger partial charge in [0.05, 0.1) is 5.92 Å². The van der Waals surface area contributed by atoms with E-state index in [9.17, 15) is 9.60 Å². The Labute approximate surface area is 84.0 Å². The van der Waals surface area contributed by atoms with Gasteiger partial charge in [0.2, 0.25) is 6.20 Å². The highest BCUT2D eigenvalue weighted by Crippen LogP contribution is 2.33. The van der Waals surface area contributed by atoms with Crippen molar-refractivity contribution in [1.29, 1.82) is 0 Å². The molecule has 0 saturated heterocycles. The van der Waals surface area contributed by atoms with Crippen molar-refractivity contribution in [3.63, 3.8) is 0 Å². The first kappa shape index (κ1) is 11.0. The summed E-state index contributed by atoms with van der Waals surface area (Å²) in [5, 5.41) is 9.50. The largest absolute Gasteiger partial charge is 0.285 e. The number of nitrogens with zero attached hydrogens (tertiary/aromatic N) is 1. The van der Waals surface area contributed by atoms with Gasteiger partial charge in [-0.2, -0.15) is 4.39 Å². The molecule has 0 aliphatic carbocycles. The number of hydrogen-bond acceptors (Lipinski definition) is 1. The van der Waals surface area contributed by atoms with Crippen molar-refractivity contribution in [2.45, 2.75) is 33.6 Å². The summed E-state index contributed by atoms with van der Waals surface area (Å²) in [6, 6.07) is 2.85. The Hall–Kier alpha value is -1.12. The van der Waals surface area contributed by atoms with Crippen LogP contribution in [0.1, 0.15) is 39.3 Å². The van der Waals surface area contributed by atoms with E-state index in [2.05, 4.69) is 0 Å². The van der Waals surface area contributed by atoms with E-state index in [1.807, 2.05) is 27.7 Å². The van der Waals surface area contributed by atoms with Crippen molar-refractivity contribution in [2.24, 2.45) is 5.41 Å². The van der Waals surface area contributed by atoms with E-state index in [0.29, 0.717) is 5.69 Å². The van der Waals surface area contributed by atoms with Crippen molar-refractivity contribution in [1.82, 2.24) is 0 Å². The smallest absolute Gasteiger partial charge is 0.272 e. The molecule has 1 rings (SSSR count). The predicted molar refractivity (Wildman–Crippen MR) is 51.6 cm³/mol. The lowest BCUT2D eigenvalue weighted by Gasteiger charge is -2.23. The zero-order valence-electron chi connectivity index (χ0n) is 9.08. The molecule has 0 fully saturated rings. The first-order chi connectivity index (χ1) is 6.34. The van der Waals surface area contributed by atoms with Crippen LogP contribution >= 0.6 is 0 Å². The SMILES string of the molecule is C[C@H](c1c(F)ccc[n+]1O)C(C)(C)C. The Kier molecular flexibility index (Phi) is 2.79. The average molecular weight is 198 g/mol. The van der Waals surface area contributed by atoms with Crippen LogP contribution in [-0.2, 0) is 0 Å². The molecule has 0 amide bonds. The molecule has 2 nitrogen and oxygen atoms in total. The summed E-state index contributed by atoms with van der Waals surface area (Å²) in [6.45, 7) is 7.96. The fraction of sp³-hybridized carbons (Fsp3) is 0.545. The first-order valence-electron chi connectivity index (χ1n) is 4.73. The second kappa shape index (κ2) is 3.56. The maximum Gasteiger partial charge on any atom is 0.272 e. The van der Waals surface area contributed by atoms with Gasteiger partial charge in [-0.3, -0.25) is 5.21 Å². The molecule has 0 aromatic carbocycles. The quantitative estimate of drug-likeness (QED) is 0.544. The van der Waals surface area contributed by atoms with Crippen LogP contribution in [0, 0.1) is 11.2 Å². The lowest BCUT2D eigenvalue weighted by molar-refractivity contribution is -0.911. The summed E-state index contributed by atoms with van der Waals surface area (Å²) in [5.74, 6) is -0.411. The third-order valence-electron chi connectivity index (χ3n) is 2.67. The number of hydrogen-bond donors (Lipinski definition) is 1. The molecule has 1 N–H and O–H groups in total. The molecule has 0 aliphatic heterocycles. The number of halogens is 1. The second-order valence-corrected chi connectivity index (χ2v) is 4.67. The van der Waals surface area contributed by atoms with Gasteiger partial charge in [-0.05, 0) is 11.5 Å². The second-order valence-electron chi connectivity index (χ2n) is 4.67. The van der Waals surface area contributed by atoms with E-state index in [1.165, 1.54) is 18.3 Å². The van der Waals surface area contributed by atoms with E-state index < -0.39 is 0 Å². The maximum absolute atomic E-state index is 13.5. The van der Waals surface area contributed by atoms with Crippen molar-refractivity contribution in [2.75, 3.05) is 0 Å². The molecule has 0 unspecified atom stereocenters. The molecule has 1 aromatic heterocycles. The minimum atomic E-state index is -0.363. The van der Waals surface area contributed by atoms with Gasteiger partial charge in [-0.1, -0.05) is 27.7 Å². The van der Waals surface area contributed by atoms with Crippen LogP contribution in [0.2, 0.25) is 0 Å². The van der Waals surface area contributed by atoms with Gasteiger partial charge < -0.3 is 0 Å². The van der Waals surface area contributed by atoms with Gasteiger partial charge in [0.1, 0.15) is 0 Å². The van der Waals surface area contributed by atoms with Crippen LogP contribution in [-0.4, -0.2) is 5.21 Å². The summed E-state index contributed by atoms with van der Waals surface area (Å²) in [6.07, 6.45) is 1.45. The molecule has 0 bridgehead atoms. The number of pyridine rings is 1. The minimum absolute atomic E-state index is 0.0475. The van der Waals surface area contributed by atoms with Crippen molar-refractivity contribution in [3.8, 4) is 0 Å². The predicted octanol–water partition coefficient (Wildman–Crippen LogP) is 2.50. The van der Waals surface area contributed by atoms with Gasteiger partial charge in [0.15, 0.2) is 5.82 Å². The molecule has 0 aliphatic rings. The van der Waals surface area contributed by atoms with Crippen LogP contribution in [0.3, 0.4) is 0 Å². The first-order valence-corrected chi connectivity index (χ1v) is 4.73. The van der Waals surface area contributed by atoms with Crippen LogP contribution in [0.15, 0.2) is 18.3 Å². The minimum Gasteiger partial charge on any atom is -0.285 e. The monoisotopic (exact) mass is 198 g/mol. The topological polar surface area (TPSA) is 24.1 Å². The average Bonchev–Trinajstić information content (AvgIpc) is 2.01. The molecule has 1 aromatic rings. The highest BCUT2D eigenvalue weighted by Gasteiger charge is 2.32. The number of aromatic nitrogens is 1. The zero-order chi connectivity index (χ0) is 10.9. The van der Waals surface area contributed by atoms with E-state index >= 15 is 0 Å². The summed E-state index contributed by atoms with van der Waals surface area (Å²) in [7, 11) is 0. The molecule has 14 heavy (non-hydrogen) atoms. The van der Waals surface area contributed by atoms with E-state index in [4.69, 9.17) is 0 Å². The Morgan fingerprint density at radius 2 is 2.00 bits per heavy atom. The summed E-state index contributed by atoms with van der Waals surface area (Å²) in [4.78, 5) is 0. The Morgan fingerprint density at radius 1 is 1.43 bits per heavy atom. The Balaban J connectivity index is 3.19. The molecular weight excluding hydrogens is 181 g/mol. The van der Waals surface area contributed by atoms with Crippen LogP contribution in [0.5, 0.6) is 0 Å². The van der Waals surface area contributed by atoms with Crippen LogP contribution < -0.4 is 4.73 Å². The molecule has 1 heterocycles. The highest BCUT2D eigenvalue weighted by molar-refractivity contribution is 5.08. The fourth-order valence-electron chi connectivity index (χ4n) is 1.30. The molecule has 78 valence electrons. The van der Waals surface area contributed by atoms with E-state index in [0.717, 1.165) is 4.73 Å². The third-order valence-corrected chi connectivity index (χ3v) is 2.67. The summed E-state index contributed by atoms with van der Waals surface area (Å²) >= 11 is 0. The van der Waals surface area contributed by atoms with Crippen LogP contribution in [0.4, 0.5) is 4.39 Å².